The van der Waals surface area contributed by atoms with Crippen molar-refractivity contribution in [1.82, 2.24) is 10.2 Å². The van der Waals surface area contributed by atoms with E-state index in [0.29, 0.717) is 0 Å². The first-order valence-corrected chi connectivity index (χ1v) is 7.41. The van der Waals surface area contributed by atoms with Crippen molar-refractivity contribution in [3.63, 3.8) is 0 Å². The minimum Gasteiger partial charge on any atom is -0.315 e. The van der Waals surface area contributed by atoms with E-state index >= 15 is 0 Å². The Hall–Kier alpha value is -0.570. The second-order valence-corrected chi connectivity index (χ2v) is 5.93. The lowest BCUT2D eigenvalue weighted by atomic mass is 10.1. The molecule has 2 unspecified atom stereocenters. The van der Waals surface area contributed by atoms with Gasteiger partial charge in [0.1, 0.15) is 0 Å². The summed E-state index contributed by atoms with van der Waals surface area (Å²) in [5, 5.41) is 4.39. The number of hydrogen-bond acceptors (Lipinski definition) is 2. The third kappa shape index (κ3) is 2.71. The Morgan fingerprint density at radius 3 is 2.72 bits per heavy atom. The number of nitrogens with one attached hydrogen (secondary N) is 1. The van der Waals surface area contributed by atoms with Crippen molar-refractivity contribution in [1.29, 1.82) is 0 Å². The van der Waals surface area contributed by atoms with Crippen LogP contribution < -0.4 is 5.32 Å². The molecule has 0 spiro atoms. The van der Waals surface area contributed by atoms with Crippen molar-refractivity contribution >= 4 is 11.6 Å². The Bertz CT molecular complexity index is 376. The zero-order valence-electron chi connectivity index (χ0n) is 10.7. The lowest BCUT2D eigenvalue weighted by Crippen LogP contribution is -2.39. The molecular weight excluding hydrogens is 244 g/mol. The SMILES string of the molecule is Clc1ccc(CCN2C3CCNCC2CC3)cc1. The van der Waals surface area contributed by atoms with E-state index < -0.39 is 0 Å². The largest absolute Gasteiger partial charge is 0.315 e. The van der Waals surface area contributed by atoms with Crippen LogP contribution in [0.25, 0.3) is 0 Å². The molecule has 0 saturated carbocycles. The first-order valence-electron chi connectivity index (χ1n) is 7.04. The van der Waals surface area contributed by atoms with Crippen LogP contribution in [0.15, 0.2) is 24.3 Å². The summed E-state index contributed by atoms with van der Waals surface area (Å²) in [6, 6.07) is 9.88. The topological polar surface area (TPSA) is 15.3 Å². The summed E-state index contributed by atoms with van der Waals surface area (Å²) in [6.07, 6.45) is 5.23. The molecule has 2 saturated heterocycles. The number of halogens is 1. The van der Waals surface area contributed by atoms with Crippen LogP contribution in [0, 0.1) is 0 Å². The zero-order chi connectivity index (χ0) is 12.4. The van der Waals surface area contributed by atoms with E-state index in [2.05, 4.69) is 22.3 Å². The van der Waals surface area contributed by atoms with Crippen LogP contribution in [0.1, 0.15) is 24.8 Å². The van der Waals surface area contributed by atoms with Crippen molar-refractivity contribution in [2.24, 2.45) is 0 Å². The van der Waals surface area contributed by atoms with Gasteiger partial charge in [-0.2, -0.15) is 0 Å². The first-order chi connectivity index (χ1) is 8.83. The molecule has 3 rings (SSSR count). The number of hydrogen-bond donors (Lipinski definition) is 1. The van der Waals surface area contributed by atoms with Crippen LogP contribution in [0.2, 0.25) is 5.02 Å². The van der Waals surface area contributed by atoms with Gasteiger partial charge in [0, 0.05) is 30.2 Å². The summed E-state index contributed by atoms with van der Waals surface area (Å²) in [4.78, 5) is 2.73. The van der Waals surface area contributed by atoms with Crippen LogP contribution >= 0.6 is 11.6 Å². The first kappa shape index (κ1) is 12.5. The Labute approximate surface area is 114 Å². The molecule has 18 heavy (non-hydrogen) atoms. The summed E-state index contributed by atoms with van der Waals surface area (Å²) >= 11 is 5.92. The van der Waals surface area contributed by atoms with Gasteiger partial charge >= 0.3 is 0 Å². The average molecular weight is 265 g/mol. The van der Waals surface area contributed by atoms with E-state index in [4.69, 9.17) is 11.6 Å². The van der Waals surface area contributed by atoms with Gasteiger partial charge in [0.25, 0.3) is 0 Å². The molecule has 0 amide bonds. The maximum absolute atomic E-state index is 5.92. The highest BCUT2D eigenvalue weighted by Gasteiger charge is 2.34. The maximum atomic E-state index is 5.92. The summed E-state index contributed by atoms with van der Waals surface area (Å²) < 4.78 is 0. The summed E-state index contributed by atoms with van der Waals surface area (Å²) in [5.41, 5.74) is 1.40. The van der Waals surface area contributed by atoms with Crippen LogP contribution in [-0.4, -0.2) is 36.6 Å². The molecule has 0 radical (unpaired) electrons. The number of nitrogens with zero attached hydrogens (tertiary/aromatic N) is 1. The Balaban J connectivity index is 1.60. The fourth-order valence-corrected chi connectivity index (χ4v) is 3.48. The quantitative estimate of drug-likeness (QED) is 0.903. The molecule has 1 N–H and O–H groups in total. The second-order valence-electron chi connectivity index (χ2n) is 5.49. The van der Waals surface area contributed by atoms with Gasteiger partial charge in [0.05, 0.1) is 0 Å². The van der Waals surface area contributed by atoms with Crippen molar-refractivity contribution in [2.45, 2.75) is 37.8 Å². The second kappa shape index (κ2) is 5.60. The lowest BCUT2D eigenvalue weighted by Gasteiger charge is -2.27. The smallest absolute Gasteiger partial charge is 0.0406 e. The highest BCUT2D eigenvalue weighted by molar-refractivity contribution is 6.30. The predicted molar refractivity (Wildman–Crippen MR) is 76.2 cm³/mol. The van der Waals surface area contributed by atoms with Crippen LogP contribution in [-0.2, 0) is 6.42 Å². The molecule has 0 aliphatic carbocycles. The minimum atomic E-state index is 0.768. The zero-order valence-corrected chi connectivity index (χ0v) is 11.5. The highest BCUT2D eigenvalue weighted by atomic mass is 35.5. The molecule has 1 aromatic rings. The van der Waals surface area contributed by atoms with Gasteiger partial charge in [-0.05, 0) is 49.9 Å². The van der Waals surface area contributed by atoms with E-state index in [-0.39, 0.29) is 0 Å². The molecular formula is C15H21ClN2. The normalized spacial score (nSPS) is 28.3. The van der Waals surface area contributed by atoms with Crippen molar-refractivity contribution in [3.05, 3.63) is 34.9 Å². The number of benzene rings is 1. The van der Waals surface area contributed by atoms with Gasteiger partial charge in [-0.3, -0.25) is 4.90 Å². The van der Waals surface area contributed by atoms with Gasteiger partial charge in [-0.15, -0.1) is 0 Å². The fourth-order valence-electron chi connectivity index (χ4n) is 3.36. The Morgan fingerprint density at radius 1 is 1.11 bits per heavy atom. The Kier molecular flexibility index (Phi) is 3.88. The van der Waals surface area contributed by atoms with Gasteiger partial charge < -0.3 is 5.32 Å². The molecule has 2 fully saturated rings. The third-order valence-electron chi connectivity index (χ3n) is 4.38. The van der Waals surface area contributed by atoms with Crippen molar-refractivity contribution in [2.75, 3.05) is 19.6 Å². The van der Waals surface area contributed by atoms with Gasteiger partial charge in [-0.1, -0.05) is 23.7 Å². The van der Waals surface area contributed by atoms with Crippen LogP contribution in [0.5, 0.6) is 0 Å². The molecule has 1 aromatic carbocycles. The van der Waals surface area contributed by atoms with Gasteiger partial charge in [0.2, 0.25) is 0 Å². The number of fused-ring (bicyclic) bond motifs is 2. The molecule has 3 heteroatoms. The summed E-state index contributed by atoms with van der Waals surface area (Å²) in [6.45, 7) is 3.56. The third-order valence-corrected chi connectivity index (χ3v) is 4.63. The Morgan fingerprint density at radius 2 is 1.89 bits per heavy atom. The van der Waals surface area contributed by atoms with E-state index in [1.165, 1.54) is 44.5 Å². The van der Waals surface area contributed by atoms with Crippen LogP contribution in [0.4, 0.5) is 0 Å². The van der Waals surface area contributed by atoms with E-state index in [0.717, 1.165) is 23.5 Å². The standard InChI is InChI=1S/C15H21ClN2/c16-13-3-1-12(2-4-13)8-10-18-14-5-6-15(18)11-17-9-7-14/h1-4,14-15,17H,5-11H2. The number of rotatable bonds is 3. The average Bonchev–Trinajstić information content (AvgIpc) is 2.62. The van der Waals surface area contributed by atoms with Gasteiger partial charge in [-0.25, -0.2) is 0 Å². The molecule has 2 heterocycles. The molecule has 2 aliphatic heterocycles. The lowest BCUT2D eigenvalue weighted by molar-refractivity contribution is 0.205. The molecule has 98 valence electrons. The molecule has 2 bridgehead atoms. The summed E-state index contributed by atoms with van der Waals surface area (Å²) in [7, 11) is 0. The molecule has 2 nitrogen and oxygen atoms in total. The fraction of sp³-hybridized carbons (Fsp3) is 0.600. The van der Waals surface area contributed by atoms with E-state index in [1.54, 1.807) is 0 Å². The van der Waals surface area contributed by atoms with E-state index in [9.17, 15) is 0 Å². The predicted octanol–water partition coefficient (Wildman–Crippen LogP) is 2.71. The van der Waals surface area contributed by atoms with Crippen molar-refractivity contribution in [3.8, 4) is 0 Å². The van der Waals surface area contributed by atoms with Crippen molar-refractivity contribution < 1.29 is 0 Å². The molecule has 2 atom stereocenters. The minimum absolute atomic E-state index is 0.768. The summed E-state index contributed by atoms with van der Waals surface area (Å²) in [5.74, 6) is 0. The van der Waals surface area contributed by atoms with E-state index in [1.807, 2.05) is 12.1 Å². The highest BCUT2D eigenvalue weighted by Crippen LogP contribution is 2.27. The van der Waals surface area contributed by atoms with Crippen LogP contribution in [0.3, 0.4) is 0 Å². The molecule has 2 aliphatic rings. The van der Waals surface area contributed by atoms with Gasteiger partial charge in [0.15, 0.2) is 0 Å². The molecule has 0 aromatic heterocycles. The monoisotopic (exact) mass is 264 g/mol. The maximum Gasteiger partial charge on any atom is 0.0406 e.